The maximum atomic E-state index is 6.33. The summed E-state index contributed by atoms with van der Waals surface area (Å²) < 4.78 is 7.26. The van der Waals surface area contributed by atoms with E-state index in [0.29, 0.717) is 0 Å². The van der Waals surface area contributed by atoms with E-state index < -0.39 is 0 Å². The molecule has 1 unspecified atom stereocenters. The minimum absolute atomic E-state index is 0.1000. The largest absolute Gasteiger partial charge is 0.493 e. The van der Waals surface area contributed by atoms with Crippen molar-refractivity contribution < 1.29 is 4.74 Å². The van der Waals surface area contributed by atoms with Crippen molar-refractivity contribution in [3.8, 4) is 5.75 Å². The fraction of sp³-hybridized carbons (Fsp3) is 0.400. The molecule has 0 saturated carbocycles. The number of methoxy groups -OCH3 is 1. The Hall–Kier alpha value is -1.46. The van der Waals surface area contributed by atoms with Gasteiger partial charge in [0.25, 0.3) is 0 Å². The molecule has 0 aliphatic carbocycles. The molecule has 20 heavy (non-hydrogen) atoms. The molecule has 0 saturated heterocycles. The molecule has 1 aromatic carbocycles. The Morgan fingerprint density at radius 2 is 2.15 bits per heavy atom. The molecule has 2 rings (SSSR count). The number of hydrogen-bond acceptors (Lipinski definition) is 4. The van der Waals surface area contributed by atoms with Gasteiger partial charge in [0.2, 0.25) is 0 Å². The van der Waals surface area contributed by atoms with E-state index in [0.717, 1.165) is 23.7 Å². The predicted molar refractivity (Wildman–Crippen MR) is 83.3 cm³/mol. The van der Waals surface area contributed by atoms with Crippen molar-refractivity contribution in [2.24, 2.45) is 5.73 Å². The molecule has 1 atom stereocenters. The van der Waals surface area contributed by atoms with Crippen molar-refractivity contribution in [1.29, 1.82) is 0 Å². The van der Waals surface area contributed by atoms with Crippen molar-refractivity contribution in [2.75, 3.05) is 12.9 Å². The summed E-state index contributed by atoms with van der Waals surface area (Å²) in [6.07, 6.45) is 1.73. The zero-order valence-electron chi connectivity index (χ0n) is 12.2. The van der Waals surface area contributed by atoms with Crippen LogP contribution in [0.1, 0.15) is 24.2 Å². The van der Waals surface area contributed by atoms with E-state index in [1.165, 1.54) is 10.5 Å². The van der Waals surface area contributed by atoms with Gasteiger partial charge in [-0.3, -0.25) is 4.68 Å². The number of benzene rings is 1. The van der Waals surface area contributed by atoms with Crippen LogP contribution in [0.2, 0.25) is 0 Å². The molecule has 4 nitrogen and oxygen atoms in total. The van der Waals surface area contributed by atoms with Gasteiger partial charge in [0, 0.05) is 17.2 Å². The molecule has 5 heteroatoms. The lowest BCUT2D eigenvalue weighted by Gasteiger charge is -2.15. The van der Waals surface area contributed by atoms with Crippen LogP contribution in [0, 0.1) is 6.92 Å². The highest BCUT2D eigenvalue weighted by Crippen LogP contribution is 2.30. The number of nitrogens with zero attached hydrogens (tertiary/aromatic N) is 2. The highest BCUT2D eigenvalue weighted by molar-refractivity contribution is 7.99. The quantitative estimate of drug-likeness (QED) is 0.831. The van der Waals surface area contributed by atoms with Gasteiger partial charge in [0.15, 0.2) is 5.75 Å². The van der Waals surface area contributed by atoms with Crippen LogP contribution in [0.4, 0.5) is 0 Å². The second-order valence-corrected chi connectivity index (χ2v) is 5.66. The minimum Gasteiger partial charge on any atom is -0.493 e. The zero-order chi connectivity index (χ0) is 14.5. The minimum atomic E-state index is -0.1000. The van der Waals surface area contributed by atoms with Crippen molar-refractivity contribution >= 4 is 11.8 Å². The van der Waals surface area contributed by atoms with Gasteiger partial charge >= 0.3 is 0 Å². The van der Waals surface area contributed by atoms with E-state index in [1.807, 2.05) is 4.68 Å². The van der Waals surface area contributed by atoms with Crippen molar-refractivity contribution in [1.82, 2.24) is 9.78 Å². The SMILES string of the molecule is CCn1ncc(OC)c1C(N)CSc1ccccc1C. The van der Waals surface area contributed by atoms with Gasteiger partial charge in [-0.2, -0.15) is 5.10 Å². The monoisotopic (exact) mass is 291 g/mol. The molecule has 0 bridgehead atoms. The Kier molecular flexibility index (Phi) is 5.09. The molecular weight excluding hydrogens is 270 g/mol. The molecule has 108 valence electrons. The number of nitrogens with two attached hydrogens (primary N) is 1. The third kappa shape index (κ3) is 3.16. The summed E-state index contributed by atoms with van der Waals surface area (Å²) in [6, 6.07) is 8.25. The van der Waals surface area contributed by atoms with Crippen LogP contribution >= 0.6 is 11.8 Å². The van der Waals surface area contributed by atoms with E-state index in [2.05, 4.69) is 43.2 Å². The van der Waals surface area contributed by atoms with Gasteiger partial charge in [-0.15, -0.1) is 11.8 Å². The van der Waals surface area contributed by atoms with Gasteiger partial charge < -0.3 is 10.5 Å². The molecular formula is C15H21N3OS. The molecule has 2 aromatic rings. The third-order valence-electron chi connectivity index (χ3n) is 3.23. The lowest BCUT2D eigenvalue weighted by molar-refractivity contribution is 0.403. The van der Waals surface area contributed by atoms with Gasteiger partial charge in [-0.1, -0.05) is 18.2 Å². The average Bonchev–Trinajstić information content (AvgIpc) is 2.89. The molecule has 2 N–H and O–H groups in total. The van der Waals surface area contributed by atoms with E-state index in [4.69, 9.17) is 10.5 Å². The maximum Gasteiger partial charge on any atom is 0.161 e. The van der Waals surface area contributed by atoms with E-state index in [-0.39, 0.29) is 6.04 Å². The van der Waals surface area contributed by atoms with Crippen LogP contribution < -0.4 is 10.5 Å². The molecule has 0 amide bonds. The number of ether oxygens (including phenoxy) is 1. The Labute approximate surface area is 124 Å². The first kappa shape index (κ1) is 14.9. The molecule has 0 aliphatic heterocycles. The zero-order valence-corrected chi connectivity index (χ0v) is 13.0. The summed E-state index contributed by atoms with van der Waals surface area (Å²) in [4.78, 5) is 1.27. The van der Waals surface area contributed by atoms with Gasteiger partial charge in [0.05, 0.1) is 25.0 Å². The maximum absolute atomic E-state index is 6.33. The van der Waals surface area contributed by atoms with Crippen molar-refractivity contribution in [3.63, 3.8) is 0 Å². The van der Waals surface area contributed by atoms with Crippen LogP contribution in [0.15, 0.2) is 35.4 Å². The van der Waals surface area contributed by atoms with Crippen LogP contribution in [-0.2, 0) is 6.54 Å². The first-order valence-electron chi connectivity index (χ1n) is 6.71. The van der Waals surface area contributed by atoms with Crippen molar-refractivity contribution in [3.05, 3.63) is 41.7 Å². The number of aromatic nitrogens is 2. The van der Waals surface area contributed by atoms with Crippen LogP contribution in [-0.4, -0.2) is 22.6 Å². The normalized spacial score (nSPS) is 12.4. The Bertz CT molecular complexity index is 546. The standard InChI is InChI=1S/C15H21N3OS/c1-4-18-15(13(19-3)9-17-18)12(16)10-20-14-8-6-5-7-11(14)2/h5-9,12H,4,10,16H2,1-3H3. The fourth-order valence-corrected chi connectivity index (χ4v) is 3.13. The van der Waals surface area contributed by atoms with Gasteiger partial charge in [-0.05, 0) is 25.5 Å². The van der Waals surface area contributed by atoms with E-state index in [9.17, 15) is 0 Å². The molecule has 0 fully saturated rings. The molecule has 0 radical (unpaired) electrons. The van der Waals surface area contributed by atoms with Gasteiger partial charge in [0.1, 0.15) is 0 Å². The van der Waals surface area contributed by atoms with E-state index in [1.54, 1.807) is 25.1 Å². The smallest absolute Gasteiger partial charge is 0.161 e. The summed E-state index contributed by atoms with van der Waals surface area (Å²) in [5.74, 6) is 1.57. The number of thioether (sulfide) groups is 1. The topological polar surface area (TPSA) is 53.1 Å². The lowest BCUT2D eigenvalue weighted by Crippen LogP contribution is -2.19. The Morgan fingerprint density at radius 1 is 1.40 bits per heavy atom. The lowest BCUT2D eigenvalue weighted by atomic mass is 10.2. The summed E-state index contributed by atoms with van der Waals surface area (Å²) in [6.45, 7) is 4.96. The van der Waals surface area contributed by atoms with Crippen LogP contribution in [0.5, 0.6) is 5.75 Å². The predicted octanol–water partition coefficient (Wildman–Crippen LogP) is 3.01. The van der Waals surface area contributed by atoms with Crippen LogP contribution in [0.25, 0.3) is 0 Å². The molecule has 1 aromatic heterocycles. The second-order valence-electron chi connectivity index (χ2n) is 4.60. The summed E-state index contributed by atoms with van der Waals surface area (Å²) in [5.41, 5.74) is 8.58. The molecule has 0 spiro atoms. The Morgan fingerprint density at radius 3 is 2.80 bits per heavy atom. The van der Waals surface area contributed by atoms with Gasteiger partial charge in [-0.25, -0.2) is 0 Å². The fourth-order valence-electron chi connectivity index (χ4n) is 2.14. The van der Waals surface area contributed by atoms with Crippen LogP contribution in [0.3, 0.4) is 0 Å². The summed E-state index contributed by atoms with van der Waals surface area (Å²) in [7, 11) is 1.65. The average molecular weight is 291 g/mol. The highest BCUT2D eigenvalue weighted by Gasteiger charge is 2.18. The first-order valence-corrected chi connectivity index (χ1v) is 7.69. The highest BCUT2D eigenvalue weighted by atomic mass is 32.2. The van der Waals surface area contributed by atoms with E-state index >= 15 is 0 Å². The Balaban J connectivity index is 2.10. The summed E-state index contributed by atoms with van der Waals surface area (Å²) >= 11 is 1.77. The molecule has 1 heterocycles. The number of rotatable bonds is 6. The summed E-state index contributed by atoms with van der Waals surface area (Å²) in [5, 5.41) is 4.30. The molecule has 0 aliphatic rings. The van der Waals surface area contributed by atoms with Crippen molar-refractivity contribution in [2.45, 2.75) is 31.3 Å². The third-order valence-corrected chi connectivity index (χ3v) is 4.52. The second kappa shape index (κ2) is 6.81. The first-order chi connectivity index (χ1) is 9.67. The number of hydrogen-bond donors (Lipinski definition) is 1. The number of aryl methyl sites for hydroxylation is 2.